The van der Waals surface area contributed by atoms with Crippen LogP contribution in [-0.2, 0) is 14.6 Å². The summed E-state index contributed by atoms with van der Waals surface area (Å²) in [5.41, 5.74) is 1.11. The first kappa shape index (κ1) is 27.5. The van der Waals surface area contributed by atoms with E-state index in [-0.39, 0.29) is 29.7 Å². The van der Waals surface area contributed by atoms with Gasteiger partial charge in [-0.25, -0.2) is 23.4 Å². The Morgan fingerprint density at radius 3 is 2.62 bits per heavy atom. The number of aromatic nitrogens is 4. The van der Waals surface area contributed by atoms with Gasteiger partial charge in [0.15, 0.2) is 0 Å². The molecular formula is C27H37N7O4S. The maximum Gasteiger partial charge on any atom is 0.227 e. The fraction of sp³-hybridized carbons (Fsp3) is 0.556. The Morgan fingerprint density at radius 1 is 1.15 bits per heavy atom. The van der Waals surface area contributed by atoms with Gasteiger partial charge in [-0.2, -0.15) is 4.98 Å². The van der Waals surface area contributed by atoms with Crippen molar-refractivity contribution in [2.24, 2.45) is 5.92 Å². The quantitative estimate of drug-likeness (QED) is 0.425. The predicted octanol–water partition coefficient (Wildman–Crippen LogP) is 2.74. The highest BCUT2D eigenvalue weighted by atomic mass is 32.2. The zero-order chi connectivity index (χ0) is 27.9. The highest BCUT2D eigenvalue weighted by Crippen LogP contribution is 2.38. The first-order valence-electron chi connectivity index (χ1n) is 13.3. The van der Waals surface area contributed by atoms with Gasteiger partial charge in [0.2, 0.25) is 5.95 Å². The summed E-state index contributed by atoms with van der Waals surface area (Å²) in [6, 6.07) is 3.88. The summed E-state index contributed by atoms with van der Waals surface area (Å²) in [5, 5.41) is 15.7. The summed E-state index contributed by atoms with van der Waals surface area (Å²) in [5.74, 6) is 3.15. The molecule has 2 aliphatic heterocycles. The SMILES string of the molecule is CO[C@H]1CCN(c2nccc(Nc3cc4c(C(C)C)cnc(N5C[C@H](CS(C)(=O)=O)[C@H]5C)c4cn3)n2)C[C@@H]1O. The van der Waals surface area contributed by atoms with Gasteiger partial charge in [0.1, 0.15) is 27.3 Å². The molecule has 0 aromatic carbocycles. The van der Waals surface area contributed by atoms with Crippen molar-refractivity contribution >= 4 is 44.0 Å². The van der Waals surface area contributed by atoms with E-state index in [4.69, 9.17) is 9.72 Å². The Labute approximate surface area is 229 Å². The van der Waals surface area contributed by atoms with Crippen LogP contribution in [0.15, 0.2) is 30.7 Å². The third-order valence-electron chi connectivity index (χ3n) is 7.80. The van der Waals surface area contributed by atoms with Gasteiger partial charge in [-0.05, 0) is 42.3 Å². The molecule has 4 atom stereocenters. The lowest BCUT2D eigenvalue weighted by Gasteiger charge is -2.47. The molecule has 3 aromatic rings. The van der Waals surface area contributed by atoms with Crippen molar-refractivity contribution in [2.75, 3.05) is 53.9 Å². The highest BCUT2D eigenvalue weighted by molar-refractivity contribution is 7.90. The Hall–Kier alpha value is -3.09. The number of hydrogen-bond acceptors (Lipinski definition) is 11. The lowest BCUT2D eigenvalue weighted by atomic mass is 9.90. The number of aliphatic hydroxyl groups excluding tert-OH is 1. The van der Waals surface area contributed by atoms with E-state index in [1.54, 1.807) is 19.4 Å². The molecule has 0 radical (unpaired) electrons. The van der Waals surface area contributed by atoms with Crippen molar-refractivity contribution < 1.29 is 18.3 Å². The number of anilines is 4. The molecule has 5 rings (SSSR count). The fourth-order valence-corrected chi connectivity index (χ4v) is 6.68. The van der Waals surface area contributed by atoms with Gasteiger partial charge in [0.25, 0.3) is 0 Å². The molecule has 0 amide bonds. The number of β-amino-alcohol motifs (C(OH)–C–C–N with tert-alkyl or cyclic N) is 1. The van der Waals surface area contributed by atoms with E-state index in [1.165, 1.54) is 6.26 Å². The second-order valence-corrected chi connectivity index (χ2v) is 13.2. The van der Waals surface area contributed by atoms with Crippen LogP contribution in [0.4, 0.5) is 23.4 Å². The third-order valence-corrected chi connectivity index (χ3v) is 8.84. The molecule has 2 N–H and O–H groups in total. The molecule has 0 aliphatic carbocycles. The van der Waals surface area contributed by atoms with E-state index in [9.17, 15) is 13.5 Å². The smallest absolute Gasteiger partial charge is 0.227 e. The van der Waals surface area contributed by atoms with Crippen molar-refractivity contribution in [1.29, 1.82) is 0 Å². The Kier molecular flexibility index (Phi) is 7.62. The summed E-state index contributed by atoms with van der Waals surface area (Å²) in [6.45, 7) is 8.07. The number of piperidine rings is 1. The number of ether oxygens (including phenoxy) is 1. The summed E-state index contributed by atoms with van der Waals surface area (Å²) in [6.07, 6.45) is 6.66. The summed E-state index contributed by atoms with van der Waals surface area (Å²) < 4.78 is 29.0. The fourth-order valence-electron chi connectivity index (χ4n) is 5.52. The zero-order valence-electron chi connectivity index (χ0n) is 23.1. The van der Waals surface area contributed by atoms with E-state index in [0.29, 0.717) is 43.6 Å². The lowest BCUT2D eigenvalue weighted by Crippen LogP contribution is -2.57. The van der Waals surface area contributed by atoms with E-state index < -0.39 is 15.9 Å². The largest absolute Gasteiger partial charge is 0.389 e. The molecule has 0 spiro atoms. The second kappa shape index (κ2) is 10.8. The van der Waals surface area contributed by atoms with Crippen LogP contribution >= 0.6 is 0 Å². The third kappa shape index (κ3) is 5.78. The standard InChI is InChI=1S/C27H37N7O4S/c1-16(2)20-11-30-26(34-13-18(17(34)3)15-39(5,36)37)21-12-29-25(10-19(20)21)31-24-6-8-28-27(32-24)33-9-7-23(38-4)22(35)14-33/h6,8,10-12,16-18,22-23,35H,7,9,13-15H2,1-5H3,(H,28,29,31,32)/t17-,18-,22+,23+/m1/s1. The Bertz CT molecular complexity index is 1450. The van der Waals surface area contributed by atoms with Gasteiger partial charge in [-0.1, -0.05) is 13.8 Å². The van der Waals surface area contributed by atoms with Gasteiger partial charge in [-0.15, -0.1) is 0 Å². The average molecular weight is 556 g/mol. The molecule has 0 bridgehead atoms. The molecule has 2 saturated heterocycles. The minimum atomic E-state index is -3.03. The molecule has 3 aromatic heterocycles. The molecular weight excluding hydrogens is 518 g/mol. The predicted molar refractivity (Wildman–Crippen MR) is 153 cm³/mol. The monoisotopic (exact) mass is 555 g/mol. The van der Waals surface area contributed by atoms with Crippen LogP contribution in [0.25, 0.3) is 10.8 Å². The normalized spacial score (nSPS) is 23.8. The van der Waals surface area contributed by atoms with Crippen molar-refractivity contribution in [3.63, 3.8) is 0 Å². The number of nitrogens with zero attached hydrogens (tertiary/aromatic N) is 6. The number of rotatable bonds is 8. The minimum absolute atomic E-state index is 0.0741. The van der Waals surface area contributed by atoms with Crippen molar-refractivity contribution in [1.82, 2.24) is 19.9 Å². The van der Waals surface area contributed by atoms with Crippen LogP contribution in [0.5, 0.6) is 0 Å². The zero-order valence-corrected chi connectivity index (χ0v) is 23.9. The van der Waals surface area contributed by atoms with E-state index >= 15 is 0 Å². The maximum absolute atomic E-state index is 11.8. The van der Waals surface area contributed by atoms with Crippen molar-refractivity contribution in [3.8, 4) is 0 Å². The van der Waals surface area contributed by atoms with Gasteiger partial charge < -0.3 is 25.0 Å². The molecule has 2 aliphatic rings. The number of sulfone groups is 1. The number of fused-ring (bicyclic) bond motifs is 1. The molecule has 12 heteroatoms. The number of hydrogen-bond donors (Lipinski definition) is 2. The van der Waals surface area contributed by atoms with Crippen LogP contribution in [0, 0.1) is 5.92 Å². The molecule has 210 valence electrons. The lowest BCUT2D eigenvalue weighted by molar-refractivity contribution is -0.0219. The van der Waals surface area contributed by atoms with E-state index in [0.717, 1.165) is 22.2 Å². The van der Waals surface area contributed by atoms with Crippen molar-refractivity contribution in [3.05, 3.63) is 36.3 Å². The van der Waals surface area contributed by atoms with E-state index in [1.807, 2.05) is 23.4 Å². The number of methoxy groups -OCH3 is 1. The van der Waals surface area contributed by atoms with Crippen LogP contribution < -0.4 is 15.1 Å². The van der Waals surface area contributed by atoms with Crippen LogP contribution in [-0.4, -0.2) is 90.5 Å². The van der Waals surface area contributed by atoms with Gasteiger partial charge >= 0.3 is 0 Å². The Morgan fingerprint density at radius 2 is 1.95 bits per heavy atom. The minimum Gasteiger partial charge on any atom is -0.389 e. The molecule has 0 unspecified atom stereocenters. The molecule has 5 heterocycles. The highest BCUT2D eigenvalue weighted by Gasteiger charge is 2.39. The molecule has 0 saturated carbocycles. The number of aliphatic hydroxyl groups is 1. The van der Waals surface area contributed by atoms with Gasteiger partial charge in [-0.3, -0.25) is 0 Å². The summed E-state index contributed by atoms with van der Waals surface area (Å²) in [7, 11) is -1.42. The van der Waals surface area contributed by atoms with Crippen LogP contribution in [0.3, 0.4) is 0 Å². The maximum atomic E-state index is 11.8. The first-order valence-corrected chi connectivity index (χ1v) is 15.4. The van der Waals surface area contributed by atoms with Crippen LogP contribution in [0.2, 0.25) is 0 Å². The second-order valence-electron chi connectivity index (χ2n) is 11.0. The number of nitrogens with one attached hydrogen (secondary N) is 1. The average Bonchev–Trinajstić information content (AvgIpc) is 2.89. The van der Waals surface area contributed by atoms with Gasteiger partial charge in [0.05, 0.1) is 18.0 Å². The van der Waals surface area contributed by atoms with E-state index in [2.05, 4.69) is 45.9 Å². The number of pyridine rings is 2. The molecule has 2 fully saturated rings. The molecule has 39 heavy (non-hydrogen) atoms. The Balaban J connectivity index is 1.40. The van der Waals surface area contributed by atoms with Crippen molar-refractivity contribution in [2.45, 2.75) is 51.4 Å². The van der Waals surface area contributed by atoms with Crippen LogP contribution in [0.1, 0.15) is 38.7 Å². The molecule has 11 nitrogen and oxygen atoms in total. The summed E-state index contributed by atoms with van der Waals surface area (Å²) >= 11 is 0. The first-order chi connectivity index (χ1) is 18.5. The summed E-state index contributed by atoms with van der Waals surface area (Å²) in [4.78, 5) is 22.7. The van der Waals surface area contributed by atoms with Gasteiger partial charge in [0, 0.05) is 68.9 Å². The topological polar surface area (TPSA) is 134 Å².